The van der Waals surface area contributed by atoms with E-state index in [1.165, 1.54) is 16.9 Å². The van der Waals surface area contributed by atoms with Crippen molar-refractivity contribution in [3.8, 4) is 0 Å². The quantitative estimate of drug-likeness (QED) is 0.884. The lowest BCUT2D eigenvalue weighted by Gasteiger charge is -2.15. The van der Waals surface area contributed by atoms with Crippen LogP contribution in [-0.4, -0.2) is 11.1 Å². The largest absolute Gasteiger partial charge is 0.479 e. The molecule has 0 aliphatic carbocycles. The third-order valence-electron chi connectivity index (χ3n) is 2.89. The Kier molecular flexibility index (Phi) is 3.67. The van der Waals surface area contributed by atoms with E-state index in [-0.39, 0.29) is 0 Å². The normalized spacial score (nSPS) is 12.1. The molecule has 0 fully saturated rings. The molecule has 1 aromatic heterocycles. The molecule has 2 N–H and O–H groups in total. The van der Waals surface area contributed by atoms with Crippen LogP contribution in [0.4, 0.5) is 5.69 Å². The maximum Gasteiger partial charge on any atom is 0.331 e. The molecule has 94 valence electrons. The van der Waals surface area contributed by atoms with E-state index in [2.05, 4.69) is 5.32 Å². The van der Waals surface area contributed by atoms with E-state index < -0.39 is 12.0 Å². The van der Waals surface area contributed by atoms with E-state index >= 15 is 0 Å². The summed E-state index contributed by atoms with van der Waals surface area (Å²) in [5.41, 5.74) is 3.18. The fourth-order valence-electron chi connectivity index (χ4n) is 1.71. The number of aryl methyl sites for hydroxylation is 2. The Morgan fingerprint density at radius 3 is 2.61 bits per heavy atom. The maximum atomic E-state index is 11.3. The van der Waals surface area contributed by atoms with Gasteiger partial charge < -0.3 is 10.4 Å². The molecule has 0 amide bonds. The number of benzene rings is 1. The van der Waals surface area contributed by atoms with E-state index in [0.29, 0.717) is 0 Å². The number of rotatable bonds is 4. The standard InChI is InChI=1S/C14H15NO2S/c1-9-5-6-11(8-10(9)2)15-13(14(16)17)12-4-3-7-18-12/h3-8,13,15H,1-2H3,(H,16,17)/t13-/m0/s1. The van der Waals surface area contributed by atoms with Crippen LogP contribution in [0.2, 0.25) is 0 Å². The van der Waals surface area contributed by atoms with E-state index in [1.807, 2.05) is 49.6 Å². The summed E-state index contributed by atoms with van der Waals surface area (Å²) in [6, 6.07) is 8.87. The molecule has 0 saturated carbocycles. The highest BCUT2D eigenvalue weighted by Gasteiger charge is 2.20. The third-order valence-corrected chi connectivity index (χ3v) is 3.83. The molecule has 0 bridgehead atoms. The summed E-state index contributed by atoms with van der Waals surface area (Å²) >= 11 is 1.44. The molecule has 1 heterocycles. The SMILES string of the molecule is Cc1ccc(N[C@H](C(=O)O)c2cccs2)cc1C. The molecule has 3 nitrogen and oxygen atoms in total. The van der Waals surface area contributed by atoms with Crippen molar-refractivity contribution in [3.05, 3.63) is 51.7 Å². The molecule has 1 atom stereocenters. The summed E-state index contributed by atoms with van der Waals surface area (Å²) in [5.74, 6) is -0.865. The van der Waals surface area contributed by atoms with Crippen molar-refractivity contribution in [2.75, 3.05) is 5.32 Å². The Morgan fingerprint density at radius 2 is 2.06 bits per heavy atom. The Bertz CT molecular complexity index is 549. The summed E-state index contributed by atoms with van der Waals surface area (Å²) < 4.78 is 0. The smallest absolute Gasteiger partial charge is 0.331 e. The molecule has 0 radical (unpaired) electrons. The first-order valence-electron chi connectivity index (χ1n) is 5.68. The molecule has 1 aromatic carbocycles. The van der Waals surface area contributed by atoms with Gasteiger partial charge in [-0.25, -0.2) is 4.79 Å². The number of carbonyl (C=O) groups is 1. The summed E-state index contributed by atoms with van der Waals surface area (Å²) in [7, 11) is 0. The molecule has 18 heavy (non-hydrogen) atoms. The Morgan fingerprint density at radius 1 is 1.28 bits per heavy atom. The summed E-state index contributed by atoms with van der Waals surface area (Å²) in [6.45, 7) is 4.05. The number of hydrogen-bond acceptors (Lipinski definition) is 3. The van der Waals surface area contributed by atoms with Crippen LogP contribution >= 0.6 is 11.3 Å². The van der Waals surface area contributed by atoms with Crippen molar-refractivity contribution < 1.29 is 9.90 Å². The topological polar surface area (TPSA) is 49.3 Å². The van der Waals surface area contributed by atoms with Gasteiger partial charge in [-0.1, -0.05) is 12.1 Å². The van der Waals surface area contributed by atoms with E-state index in [1.54, 1.807) is 0 Å². The molecule has 2 aromatic rings. The average molecular weight is 261 g/mol. The molecular formula is C14H15NO2S. The fraction of sp³-hybridized carbons (Fsp3) is 0.214. The van der Waals surface area contributed by atoms with Crippen LogP contribution in [0.25, 0.3) is 0 Å². The zero-order valence-electron chi connectivity index (χ0n) is 10.3. The first-order valence-corrected chi connectivity index (χ1v) is 6.56. The second-order valence-electron chi connectivity index (χ2n) is 4.23. The van der Waals surface area contributed by atoms with Gasteiger partial charge in [0.1, 0.15) is 0 Å². The minimum absolute atomic E-state index is 0.688. The van der Waals surface area contributed by atoms with Crippen molar-refractivity contribution in [2.45, 2.75) is 19.9 Å². The number of nitrogens with one attached hydrogen (secondary N) is 1. The first-order chi connectivity index (χ1) is 8.58. The van der Waals surface area contributed by atoms with Gasteiger partial charge >= 0.3 is 5.97 Å². The molecular weight excluding hydrogens is 246 g/mol. The minimum atomic E-state index is -0.865. The van der Waals surface area contributed by atoms with Gasteiger partial charge in [-0.05, 0) is 48.6 Å². The lowest BCUT2D eigenvalue weighted by Crippen LogP contribution is -2.19. The molecule has 0 aliphatic heterocycles. The van der Waals surface area contributed by atoms with Crippen molar-refractivity contribution in [1.29, 1.82) is 0 Å². The van der Waals surface area contributed by atoms with Gasteiger partial charge in [0, 0.05) is 10.6 Å². The van der Waals surface area contributed by atoms with E-state index in [4.69, 9.17) is 0 Å². The number of anilines is 1. The van der Waals surface area contributed by atoms with Crippen LogP contribution in [0.15, 0.2) is 35.7 Å². The van der Waals surface area contributed by atoms with Crippen molar-refractivity contribution in [1.82, 2.24) is 0 Å². The number of hydrogen-bond donors (Lipinski definition) is 2. The van der Waals surface area contributed by atoms with E-state index in [9.17, 15) is 9.90 Å². The van der Waals surface area contributed by atoms with Gasteiger partial charge in [0.25, 0.3) is 0 Å². The number of carboxylic acids is 1. The zero-order valence-corrected chi connectivity index (χ0v) is 11.1. The van der Waals surface area contributed by atoms with Crippen LogP contribution in [0.5, 0.6) is 0 Å². The van der Waals surface area contributed by atoms with Crippen molar-refractivity contribution >= 4 is 23.0 Å². The Hall–Kier alpha value is -1.81. The van der Waals surface area contributed by atoms with Crippen LogP contribution in [0.3, 0.4) is 0 Å². The number of thiophene rings is 1. The highest BCUT2D eigenvalue weighted by atomic mass is 32.1. The zero-order chi connectivity index (χ0) is 13.1. The van der Waals surface area contributed by atoms with Crippen LogP contribution in [-0.2, 0) is 4.79 Å². The van der Waals surface area contributed by atoms with Gasteiger partial charge in [0.15, 0.2) is 6.04 Å². The number of aliphatic carboxylic acids is 1. The van der Waals surface area contributed by atoms with Gasteiger partial charge in [-0.3, -0.25) is 0 Å². The lowest BCUT2D eigenvalue weighted by atomic mass is 10.1. The fourth-order valence-corrected chi connectivity index (χ4v) is 2.48. The molecule has 2 rings (SSSR count). The summed E-state index contributed by atoms with van der Waals surface area (Å²) in [5, 5.41) is 14.2. The van der Waals surface area contributed by atoms with Crippen LogP contribution in [0, 0.1) is 13.8 Å². The molecule has 0 spiro atoms. The van der Waals surface area contributed by atoms with E-state index in [0.717, 1.165) is 16.1 Å². The summed E-state index contributed by atoms with van der Waals surface area (Å²) in [6.07, 6.45) is 0. The predicted octanol–water partition coefficient (Wildman–Crippen LogP) is 3.60. The Labute approximate surface area is 110 Å². The van der Waals surface area contributed by atoms with Gasteiger partial charge in [0.2, 0.25) is 0 Å². The number of carboxylic acid groups (broad SMARTS) is 1. The highest BCUT2D eigenvalue weighted by molar-refractivity contribution is 7.10. The second kappa shape index (κ2) is 5.23. The van der Waals surface area contributed by atoms with Crippen LogP contribution in [0.1, 0.15) is 22.0 Å². The van der Waals surface area contributed by atoms with Crippen molar-refractivity contribution in [2.24, 2.45) is 0 Å². The molecule has 0 saturated heterocycles. The predicted molar refractivity (Wildman–Crippen MR) is 74.2 cm³/mol. The Balaban J connectivity index is 2.24. The van der Waals surface area contributed by atoms with Gasteiger partial charge in [-0.2, -0.15) is 0 Å². The highest BCUT2D eigenvalue weighted by Crippen LogP contribution is 2.25. The van der Waals surface area contributed by atoms with Crippen LogP contribution < -0.4 is 5.32 Å². The first kappa shape index (κ1) is 12.6. The lowest BCUT2D eigenvalue weighted by molar-refractivity contribution is -0.138. The molecule has 0 aliphatic rings. The molecule has 0 unspecified atom stereocenters. The second-order valence-corrected chi connectivity index (χ2v) is 5.21. The van der Waals surface area contributed by atoms with Crippen molar-refractivity contribution in [3.63, 3.8) is 0 Å². The maximum absolute atomic E-state index is 11.3. The van der Waals surface area contributed by atoms with Gasteiger partial charge in [-0.15, -0.1) is 11.3 Å². The summed E-state index contributed by atoms with van der Waals surface area (Å²) in [4.78, 5) is 12.1. The average Bonchev–Trinajstić information content (AvgIpc) is 2.83. The minimum Gasteiger partial charge on any atom is -0.479 e. The van der Waals surface area contributed by atoms with Gasteiger partial charge in [0.05, 0.1) is 0 Å². The third kappa shape index (κ3) is 2.71. The monoisotopic (exact) mass is 261 g/mol. The molecule has 4 heteroatoms.